The van der Waals surface area contributed by atoms with E-state index in [1.54, 1.807) is 12.1 Å². The number of rotatable bonds is 3. The van der Waals surface area contributed by atoms with Crippen LogP contribution < -0.4 is 10.6 Å². The fourth-order valence-electron chi connectivity index (χ4n) is 2.14. The summed E-state index contributed by atoms with van der Waals surface area (Å²) in [6, 6.07) is 5.45. The van der Waals surface area contributed by atoms with Crippen LogP contribution in [0, 0.1) is 5.82 Å². The van der Waals surface area contributed by atoms with E-state index in [9.17, 15) is 4.39 Å². The third kappa shape index (κ3) is 3.95. The lowest BCUT2D eigenvalue weighted by Gasteiger charge is -2.16. The summed E-state index contributed by atoms with van der Waals surface area (Å²) in [5.74, 6) is -0.353. The molecule has 1 saturated heterocycles. The van der Waals surface area contributed by atoms with E-state index in [4.69, 9.17) is 11.6 Å². The number of hydrogen-bond acceptors (Lipinski definition) is 2. The first-order chi connectivity index (χ1) is 8.25. The highest BCUT2D eigenvalue weighted by molar-refractivity contribution is 6.30. The molecular weight excluding hydrogens is 239 g/mol. The zero-order chi connectivity index (χ0) is 12.1. The van der Waals surface area contributed by atoms with Crippen molar-refractivity contribution in [2.24, 2.45) is 0 Å². The molecule has 4 heteroatoms. The Kier molecular flexibility index (Phi) is 4.77. The number of hydrogen-bond donors (Lipinski definition) is 2. The van der Waals surface area contributed by atoms with Crippen molar-refractivity contribution in [3.8, 4) is 0 Å². The van der Waals surface area contributed by atoms with Crippen molar-refractivity contribution in [1.82, 2.24) is 10.6 Å². The van der Waals surface area contributed by atoms with E-state index < -0.39 is 0 Å². The average molecular weight is 257 g/mol. The topological polar surface area (TPSA) is 24.1 Å². The lowest BCUT2D eigenvalue weighted by molar-refractivity contribution is 0.468. The number of benzene rings is 1. The Labute approximate surface area is 107 Å². The van der Waals surface area contributed by atoms with E-state index in [0.29, 0.717) is 6.04 Å². The van der Waals surface area contributed by atoms with Crippen molar-refractivity contribution in [2.75, 3.05) is 13.1 Å². The molecule has 1 aliphatic heterocycles. The monoisotopic (exact) mass is 256 g/mol. The number of halogens is 2. The molecule has 2 nitrogen and oxygen atoms in total. The summed E-state index contributed by atoms with van der Waals surface area (Å²) in [5, 5.41) is 7.09. The van der Waals surface area contributed by atoms with E-state index in [0.717, 1.165) is 31.6 Å². The zero-order valence-electron chi connectivity index (χ0n) is 9.81. The molecule has 1 aromatic carbocycles. The van der Waals surface area contributed by atoms with Gasteiger partial charge in [-0.15, -0.1) is 0 Å². The van der Waals surface area contributed by atoms with Crippen molar-refractivity contribution in [1.29, 1.82) is 0 Å². The normalized spacial score (nSPS) is 21.2. The van der Waals surface area contributed by atoms with Crippen molar-refractivity contribution in [3.63, 3.8) is 0 Å². The van der Waals surface area contributed by atoms with Gasteiger partial charge in [-0.2, -0.15) is 0 Å². The Bertz CT molecular complexity index is 362. The molecule has 2 N–H and O–H groups in total. The van der Waals surface area contributed by atoms with Crippen molar-refractivity contribution >= 4 is 11.6 Å². The molecule has 0 saturated carbocycles. The molecule has 1 aromatic rings. The summed E-state index contributed by atoms with van der Waals surface area (Å²) in [7, 11) is 0. The molecule has 0 bridgehead atoms. The molecule has 0 radical (unpaired) electrons. The summed E-state index contributed by atoms with van der Waals surface area (Å²) in [4.78, 5) is 0. The van der Waals surface area contributed by atoms with Crippen LogP contribution in [0.5, 0.6) is 0 Å². The molecule has 17 heavy (non-hydrogen) atoms. The van der Waals surface area contributed by atoms with Crippen LogP contribution in [0.25, 0.3) is 0 Å². The largest absolute Gasteiger partial charge is 0.317 e. The van der Waals surface area contributed by atoms with E-state index in [-0.39, 0.29) is 10.8 Å². The van der Waals surface area contributed by atoms with Crippen molar-refractivity contribution in [3.05, 3.63) is 34.6 Å². The average Bonchev–Trinajstić information content (AvgIpc) is 2.59. The highest BCUT2D eigenvalue weighted by Crippen LogP contribution is 2.16. The highest BCUT2D eigenvalue weighted by atomic mass is 35.5. The summed E-state index contributed by atoms with van der Waals surface area (Å²) in [5.41, 5.74) is 1.04. The summed E-state index contributed by atoms with van der Waals surface area (Å²) >= 11 is 5.75. The molecule has 1 heterocycles. The van der Waals surface area contributed by atoms with Crippen LogP contribution in [0.4, 0.5) is 4.39 Å². The van der Waals surface area contributed by atoms with Crippen molar-refractivity contribution in [2.45, 2.75) is 31.8 Å². The fourth-order valence-corrected chi connectivity index (χ4v) is 2.34. The van der Waals surface area contributed by atoms with Crippen LogP contribution in [0.1, 0.15) is 24.8 Å². The molecule has 2 rings (SSSR count). The zero-order valence-corrected chi connectivity index (χ0v) is 10.6. The van der Waals surface area contributed by atoms with Crippen LogP contribution in [0.3, 0.4) is 0 Å². The maximum absolute atomic E-state index is 13.0. The SMILES string of the molecule is Fc1ccc(CNC2CCCNCC2)cc1Cl. The highest BCUT2D eigenvalue weighted by Gasteiger charge is 2.11. The Hall–Kier alpha value is -0.640. The van der Waals surface area contributed by atoms with E-state index in [1.165, 1.54) is 18.9 Å². The first-order valence-electron chi connectivity index (χ1n) is 6.14. The minimum atomic E-state index is -0.353. The van der Waals surface area contributed by atoms with Gasteiger partial charge in [-0.1, -0.05) is 17.7 Å². The second-order valence-corrected chi connectivity index (χ2v) is 4.91. The third-order valence-corrected chi connectivity index (χ3v) is 3.44. The van der Waals surface area contributed by atoms with Crippen LogP contribution in [0.2, 0.25) is 5.02 Å². The molecule has 1 fully saturated rings. The van der Waals surface area contributed by atoms with Gasteiger partial charge < -0.3 is 10.6 Å². The van der Waals surface area contributed by atoms with Crippen molar-refractivity contribution < 1.29 is 4.39 Å². The second-order valence-electron chi connectivity index (χ2n) is 4.51. The smallest absolute Gasteiger partial charge is 0.141 e. The van der Waals surface area contributed by atoms with Gasteiger partial charge in [0.05, 0.1) is 5.02 Å². The lowest BCUT2D eigenvalue weighted by atomic mass is 10.1. The predicted molar refractivity (Wildman–Crippen MR) is 68.8 cm³/mol. The van der Waals surface area contributed by atoms with E-state index in [2.05, 4.69) is 10.6 Å². The fraction of sp³-hybridized carbons (Fsp3) is 0.538. The minimum absolute atomic E-state index is 0.201. The van der Waals surface area contributed by atoms with Gasteiger partial charge in [0.15, 0.2) is 0 Å². The molecule has 1 unspecified atom stereocenters. The molecule has 0 aliphatic carbocycles. The van der Waals surface area contributed by atoms with Gasteiger partial charge >= 0.3 is 0 Å². The molecule has 1 atom stereocenters. The Morgan fingerprint density at radius 3 is 3.06 bits per heavy atom. The predicted octanol–water partition coefficient (Wildman–Crippen LogP) is 2.71. The summed E-state index contributed by atoms with van der Waals surface area (Å²) in [6.07, 6.45) is 3.55. The van der Waals surface area contributed by atoms with Crippen LogP contribution in [-0.4, -0.2) is 19.1 Å². The van der Waals surface area contributed by atoms with Gasteiger partial charge in [-0.3, -0.25) is 0 Å². The standard InChI is InChI=1S/C13H18ClFN2/c14-12-8-10(3-4-13(12)15)9-17-11-2-1-6-16-7-5-11/h3-4,8,11,16-17H,1-2,5-7,9H2. The first kappa shape index (κ1) is 12.8. The quantitative estimate of drug-likeness (QED) is 0.869. The van der Waals surface area contributed by atoms with Gasteiger partial charge in [-0.05, 0) is 50.0 Å². The first-order valence-corrected chi connectivity index (χ1v) is 6.51. The van der Waals surface area contributed by atoms with Crippen LogP contribution in [-0.2, 0) is 6.54 Å². The molecular formula is C13H18ClFN2. The van der Waals surface area contributed by atoms with Gasteiger partial charge in [0.25, 0.3) is 0 Å². The Morgan fingerprint density at radius 2 is 2.24 bits per heavy atom. The molecule has 0 aromatic heterocycles. The Morgan fingerprint density at radius 1 is 1.35 bits per heavy atom. The lowest BCUT2D eigenvalue weighted by Crippen LogP contribution is -2.29. The number of nitrogens with one attached hydrogen (secondary N) is 2. The maximum atomic E-state index is 13.0. The van der Waals surface area contributed by atoms with E-state index >= 15 is 0 Å². The molecule has 94 valence electrons. The molecule has 0 amide bonds. The second kappa shape index (κ2) is 6.34. The van der Waals surface area contributed by atoms with Gasteiger partial charge in [0.2, 0.25) is 0 Å². The van der Waals surface area contributed by atoms with E-state index in [1.807, 2.05) is 0 Å². The molecule has 0 spiro atoms. The maximum Gasteiger partial charge on any atom is 0.141 e. The summed E-state index contributed by atoms with van der Waals surface area (Å²) in [6.45, 7) is 2.94. The third-order valence-electron chi connectivity index (χ3n) is 3.15. The van der Waals surface area contributed by atoms with Gasteiger partial charge in [0, 0.05) is 12.6 Å². The van der Waals surface area contributed by atoms with Gasteiger partial charge in [0.1, 0.15) is 5.82 Å². The van der Waals surface area contributed by atoms with Crippen LogP contribution >= 0.6 is 11.6 Å². The minimum Gasteiger partial charge on any atom is -0.317 e. The van der Waals surface area contributed by atoms with Gasteiger partial charge in [-0.25, -0.2) is 4.39 Å². The molecule has 1 aliphatic rings. The Balaban J connectivity index is 1.85. The van der Waals surface area contributed by atoms with Crippen LogP contribution in [0.15, 0.2) is 18.2 Å². The summed E-state index contributed by atoms with van der Waals surface area (Å²) < 4.78 is 13.0.